The van der Waals surface area contributed by atoms with Gasteiger partial charge >= 0.3 is 0 Å². The van der Waals surface area contributed by atoms with Crippen LogP contribution in [-0.4, -0.2) is 32.8 Å². The first-order valence-corrected chi connectivity index (χ1v) is 7.11. The van der Waals surface area contributed by atoms with Gasteiger partial charge in [-0.05, 0) is 37.1 Å². The Hall–Kier alpha value is -0.420. The third-order valence-electron chi connectivity index (χ3n) is 2.89. The number of aryl methyl sites for hydroxylation is 1. The SMILES string of the molecule is COCCNCC(C)NCc1cc(Br)ccc1C. The van der Waals surface area contributed by atoms with E-state index in [0.29, 0.717) is 6.04 Å². The Bertz CT molecular complexity index is 358. The van der Waals surface area contributed by atoms with Crippen LogP contribution in [0.25, 0.3) is 0 Å². The molecule has 1 atom stereocenters. The second-order valence-corrected chi connectivity index (χ2v) is 5.47. The first kappa shape index (κ1) is 15.6. The van der Waals surface area contributed by atoms with Crippen molar-refractivity contribution in [1.82, 2.24) is 10.6 Å². The quantitative estimate of drug-likeness (QED) is 0.723. The predicted molar refractivity (Wildman–Crippen MR) is 79.9 cm³/mol. The average Bonchev–Trinajstić information content (AvgIpc) is 2.36. The zero-order chi connectivity index (χ0) is 13.4. The van der Waals surface area contributed by atoms with Crippen LogP contribution < -0.4 is 10.6 Å². The van der Waals surface area contributed by atoms with Crippen molar-refractivity contribution in [1.29, 1.82) is 0 Å². The van der Waals surface area contributed by atoms with E-state index in [1.807, 2.05) is 0 Å². The van der Waals surface area contributed by atoms with E-state index in [4.69, 9.17) is 4.74 Å². The molecule has 0 fully saturated rings. The van der Waals surface area contributed by atoms with E-state index >= 15 is 0 Å². The maximum absolute atomic E-state index is 4.99. The summed E-state index contributed by atoms with van der Waals surface area (Å²) in [5, 5.41) is 6.87. The molecule has 0 spiro atoms. The summed E-state index contributed by atoms with van der Waals surface area (Å²) in [6, 6.07) is 6.84. The summed E-state index contributed by atoms with van der Waals surface area (Å²) >= 11 is 3.51. The summed E-state index contributed by atoms with van der Waals surface area (Å²) in [5.74, 6) is 0. The number of hydrogen-bond acceptors (Lipinski definition) is 3. The molecule has 0 saturated carbocycles. The van der Waals surface area contributed by atoms with Crippen molar-refractivity contribution in [2.24, 2.45) is 0 Å². The highest BCUT2D eigenvalue weighted by Crippen LogP contribution is 2.15. The van der Waals surface area contributed by atoms with Gasteiger partial charge in [-0.3, -0.25) is 0 Å². The molecule has 0 amide bonds. The number of rotatable bonds is 8. The third kappa shape index (κ3) is 5.96. The molecule has 0 saturated heterocycles. The minimum Gasteiger partial charge on any atom is -0.383 e. The molecule has 4 heteroatoms. The van der Waals surface area contributed by atoms with Gasteiger partial charge in [0.25, 0.3) is 0 Å². The molecule has 0 bridgehead atoms. The summed E-state index contributed by atoms with van der Waals surface area (Å²) < 4.78 is 6.13. The molecular formula is C14H23BrN2O. The van der Waals surface area contributed by atoms with Crippen molar-refractivity contribution in [3.8, 4) is 0 Å². The number of methoxy groups -OCH3 is 1. The van der Waals surface area contributed by atoms with Gasteiger partial charge in [0.15, 0.2) is 0 Å². The van der Waals surface area contributed by atoms with Gasteiger partial charge in [0.1, 0.15) is 0 Å². The van der Waals surface area contributed by atoms with Crippen LogP contribution in [-0.2, 0) is 11.3 Å². The maximum atomic E-state index is 4.99. The van der Waals surface area contributed by atoms with Gasteiger partial charge in [-0.25, -0.2) is 0 Å². The zero-order valence-corrected chi connectivity index (χ0v) is 13.0. The second kappa shape index (κ2) is 8.64. The lowest BCUT2D eigenvalue weighted by Crippen LogP contribution is -2.37. The lowest BCUT2D eigenvalue weighted by Gasteiger charge is -2.16. The minimum atomic E-state index is 0.445. The molecule has 0 aliphatic heterocycles. The van der Waals surface area contributed by atoms with Gasteiger partial charge in [-0.2, -0.15) is 0 Å². The highest BCUT2D eigenvalue weighted by Gasteiger charge is 2.03. The Labute approximate surface area is 118 Å². The van der Waals surface area contributed by atoms with E-state index in [-0.39, 0.29) is 0 Å². The van der Waals surface area contributed by atoms with E-state index in [9.17, 15) is 0 Å². The van der Waals surface area contributed by atoms with E-state index in [1.54, 1.807) is 7.11 Å². The third-order valence-corrected chi connectivity index (χ3v) is 3.38. The van der Waals surface area contributed by atoms with Gasteiger partial charge in [-0.1, -0.05) is 22.0 Å². The fraction of sp³-hybridized carbons (Fsp3) is 0.571. The van der Waals surface area contributed by atoms with Crippen molar-refractivity contribution < 1.29 is 4.74 Å². The highest BCUT2D eigenvalue weighted by molar-refractivity contribution is 9.10. The number of hydrogen-bond donors (Lipinski definition) is 2. The van der Waals surface area contributed by atoms with E-state index in [1.165, 1.54) is 11.1 Å². The first-order chi connectivity index (χ1) is 8.63. The largest absolute Gasteiger partial charge is 0.383 e. The topological polar surface area (TPSA) is 33.3 Å². The number of halogens is 1. The lowest BCUT2D eigenvalue weighted by atomic mass is 10.1. The zero-order valence-electron chi connectivity index (χ0n) is 11.4. The summed E-state index contributed by atoms with van der Waals surface area (Å²) in [4.78, 5) is 0. The fourth-order valence-corrected chi connectivity index (χ4v) is 2.09. The van der Waals surface area contributed by atoms with Crippen molar-refractivity contribution in [3.05, 3.63) is 33.8 Å². The fourth-order valence-electron chi connectivity index (χ4n) is 1.68. The normalized spacial score (nSPS) is 12.7. The van der Waals surface area contributed by atoms with Crippen LogP contribution in [0.5, 0.6) is 0 Å². The minimum absolute atomic E-state index is 0.445. The second-order valence-electron chi connectivity index (χ2n) is 4.55. The molecule has 0 aliphatic carbocycles. The molecule has 1 unspecified atom stereocenters. The summed E-state index contributed by atoms with van der Waals surface area (Å²) in [6.07, 6.45) is 0. The molecule has 2 N–H and O–H groups in total. The lowest BCUT2D eigenvalue weighted by molar-refractivity contribution is 0.198. The van der Waals surface area contributed by atoms with E-state index in [0.717, 1.165) is 30.7 Å². The summed E-state index contributed by atoms with van der Waals surface area (Å²) in [6.45, 7) is 7.85. The first-order valence-electron chi connectivity index (χ1n) is 6.31. The Balaban J connectivity index is 2.29. The van der Waals surface area contributed by atoms with Gasteiger partial charge in [-0.15, -0.1) is 0 Å². The van der Waals surface area contributed by atoms with E-state index in [2.05, 4.69) is 58.6 Å². The van der Waals surface area contributed by atoms with Gasteiger partial charge in [0.2, 0.25) is 0 Å². The molecule has 0 radical (unpaired) electrons. The molecule has 1 rings (SSSR count). The van der Waals surface area contributed by atoms with Crippen LogP contribution in [0.3, 0.4) is 0 Å². The summed E-state index contributed by atoms with van der Waals surface area (Å²) in [7, 11) is 1.72. The molecule has 1 aromatic carbocycles. The number of ether oxygens (including phenoxy) is 1. The Morgan fingerprint density at radius 3 is 2.89 bits per heavy atom. The van der Waals surface area contributed by atoms with Crippen LogP contribution in [0.15, 0.2) is 22.7 Å². The molecule has 0 aliphatic rings. The number of nitrogens with one attached hydrogen (secondary N) is 2. The highest BCUT2D eigenvalue weighted by atomic mass is 79.9. The van der Waals surface area contributed by atoms with Crippen molar-refractivity contribution in [3.63, 3.8) is 0 Å². The predicted octanol–water partition coefficient (Wildman–Crippen LogP) is 2.47. The van der Waals surface area contributed by atoms with Crippen molar-refractivity contribution in [2.45, 2.75) is 26.4 Å². The van der Waals surface area contributed by atoms with Crippen LogP contribution in [0.1, 0.15) is 18.1 Å². The monoisotopic (exact) mass is 314 g/mol. The van der Waals surface area contributed by atoms with Crippen LogP contribution >= 0.6 is 15.9 Å². The molecule has 18 heavy (non-hydrogen) atoms. The van der Waals surface area contributed by atoms with Gasteiger partial charge in [0, 0.05) is 37.3 Å². The Morgan fingerprint density at radius 1 is 1.39 bits per heavy atom. The Kier molecular flexibility index (Phi) is 7.51. The van der Waals surface area contributed by atoms with Gasteiger partial charge < -0.3 is 15.4 Å². The standard InChI is InChI=1S/C14H23BrN2O/c1-11-4-5-14(15)8-13(11)10-17-12(2)9-16-6-7-18-3/h4-5,8,12,16-17H,6-7,9-10H2,1-3H3. The van der Waals surface area contributed by atoms with Crippen LogP contribution in [0.2, 0.25) is 0 Å². The van der Waals surface area contributed by atoms with Crippen molar-refractivity contribution in [2.75, 3.05) is 26.8 Å². The Morgan fingerprint density at radius 2 is 2.17 bits per heavy atom. The molecule has 3 nitrogen and oxygen atoms in total. The molecule has 102 valence electrons. The number of benzene rings is 1. The molecule has 0 heterocycles. The van der Waals surface area contributed by atoms with Crippen molar-refractivity contribution >= 4 is 15.9 Å². The van der Waals surface area contributed by atoms with Gasteiger partial charge in [0.05, 0.1) is 6.61 Å². The average molecular weight is 315 g/mol. The molecule has 0 aromatic heterocycles. The smallest absolute Gasteiger partial charge is 0.0587 e. The van der Waals surface area contributed by atoms with E-state index < -0.39 is 0 Å². The summed E-state index contributed by atoms with van der Waals surface area (Å²) in [5.41, 5.74) is 2.67. The van der Waals surface area contributed by atoms with Crippen LogP contribution in [0.4, 0.5) is 0 Å². The van der Waals surface area contributed by atoms with Crippen LogP contribution in [0, 0.1) is 6.92 Å². The maximum Gasteiger partial charge on any atom is 0.0587 e. The molecule has 1 aromatic rings. The molecular weight excluding hydrogens is 292 g/mol.